The molecule has 204 valence electrons. The number of amides is 2. The monoisotopic (exact) mass is 551 g/mol. The molecule has 3 heterocycles. The minimum absolute atomic E-state index is 0.000484. The van der Waals surface area contributed by atoms with Gasteiger partial charge in [0.15, 0.2) is 0 Å². The van der Waals surface area contributed by atoms with Crippen LogP contribution in [0.2, 0.25) is 5.02 Å². The quantitative estimate of drug-likeness (QED) is 0.236. The van der Waals surface area contributed by atoms with Crippen molar-refractivity contribution in [3.63, 3.8) is 0 Å². The van der Waals surface area contributed by atoms with Crippen LogP contribution in [0.5, 0.6) is 11.5 Å². The average Bonchev–Trinajstić information content (AvgIpc) is 2.96. The van der Waals surface area contributed by atoms with Crippen molar-refractivity contribution in [2.24, 2.45) is 0 Å². The second-order valence-electron chi connectivity index (χ2n) is 10.1. The predicted molar refractivity (Wildman–Crippen MR) is 149 cm³/mol. The maximum absolute atomic E-state index is 14.6. The van der Waals surface area contributed by atoms with Gasteiger partial charge < -0.3 is 19.5 Å². The molecule has 2 aromatic carbocycles. The van der Waals surface area contributed by atoms with Crippen LogP contribution in [0.1, 0.15) is 30.9 Å². The summed E-state index contributed by atoms with van der Waals surface area (Å²) < 4.78 is 11.0. The first-order valence-electron chi connectivity index (χ1n) is 13.0. The van der Waals surface area contributed by atoms with Crippen molar-refractivity contribution < 1.29 is 28.7 Å². The number of hydrogen-bond donors (Lipinski definition) is 1. The van der Waals surface area contributed by atoms with Crippen molar-refractivity contribution >= 4 is 35.2 Å². The number of para-hydroxylation sites is 1. The lowest BCUT2D eigenvalue weighted by Gasteiger charge is -2.49. The fourth-order valence-electron chi connectivity index (χ4n) is 5.99. The summed E-state index contributed by atoms with van der Waals surface area (Å²) in [4.78, 5) is 33.9. The van der Waals surface area contributed by atoms with Crippen molar-refractivity contribution in [1.29, 1.82) is 0 Å². The van der Waals surface area contributed by atoms with Gasteiger partial charge in [-0.25, -0.2) is 14.1 Å². The van der Waals surface area contributed by atoms with E-state index >= 15 is 0 Å². The van der Waals surface area contributed by atoms with Crippen LogP contribution in [0.15, 0.2) is 67.0 Å². The Bertz CT molecular complexity index is 1350. The molecule has 1 saturated heterocycles. The standard InChI is InChI=1S/C29H31ClN4O5/c1-32(25-6-4-3-5-24(25)30)28(35)34(2,21-11-16-33(17-12-21)20-9-14-31-15-10-20)26-13-18-38-27-8-7-22(19-23(26)27)39-29(36)37/h3-10,14-15,19,21,26H,11-13,16-18H2,1-2H3/p+1. The Morgan fingerprint density at radius 2 is 1.82 bits per heavy atom. The van der Waals surface area contributed by atoms with E-state index in [1.165, 1.54) is 0 Å². The summed E-state index contributed by atoms with van der Waals surface area (Å²) in [5.74, 6) is 0.832. The number of rotatable bonds is 5. The van der Waals surface area contributed by atoms with E-state index in [0.717, 1.165) is 37.2 Å². The normalized spacial score (nSPS) is 18.8. The number of ether oxygens (including phenoxy) is 2. The first kappa shape index (κ1) is 26.8. The van der Waals surface area contributed by atoms with Gasteiger partial charge >= 0.3 is 12.2 Å². The maximum atomic E-state index is 14.6. The molecule has 1 aromatic heterocycles. The number of benzene rings is 2. The summed E-state index contributed by atoms with van der Waals surface area (Å²) in [5, 5.41) is 9.69. The number of quaternary nitrogens is 1. The number of halogens is 1. The lowest BCUT2D eigenvalue weighted by atomic mass is 9.91. The Morgan fingerprint density at radius 1 is 1.10 bits per heavy atom. The molecule has 0 spiro atoms. The van der Waals surface area contributed by atoms with Crippen molar-refractivity contribution in [2.75, 3.05) is 43.6 Å². The van der Waals surface area contributed by atoms with E-state index < -0.39 is 6.16 Å². The molecule has 2 amide bonds. The molecule has 2 unspecified atom stereocenters. The summed E-state index contributed by atoms with van der Waals surface area (Å²) in [6.07, 6.45) is 4.36. The largest absolute Gasteiger partial charge is 0.511 e. The van der Waals surface area contributed by atoms with Gasteiger partial charge in [0.25, 0.3) is 0 Å². The molecule has 5 rings (SSSR count). The molecule has 0 saturated carbocycles. The van der Waals surface area contributed by atoms with Crippen molar-refractivity contribution in [3.05, 3.63) is 77.6 Å². The van der Waals surface area contributed by atoms with Crippen LogP contribution in [0.3, 0.4) is 0 Å². The number of carbonyl (C=O) groups is 2. The number of aromatic nitrogens is 1. The number of pyridine rings is 1. The first-order chi connectivity index (χ1) is 18.8. The number of fused-ring (bicyclic) bond motifs is 1. The molecule has 0 bridgehead atoms. The zero-order chi connectivity index (χ0) is 27.6. The zero-order valence-electron chi connectivity index (χ0n) is 22.0. The fraction of sp³-hybridized carbons (Fsp3) is 0.345. The zero-order valence-corrected chi connectivity index (χ0v) is 22.8. The topological polar surface area (TPSA) is 92.2 Å². The Kier molecular flexibility index (Phi) is 7.63. The van der Waals surface area contributed by atoms with Crippen LogP contribution in [-0.2, 0) is 0 Å². The fourth-order valence-corrected chi connectivity index (χ4v) is 6.25. The minimum atomic E-state index is -1.39. The highest BCUT2D eigenvalue weighted by Crippen LogP contribution is 2.45. The third kappa shape index (κ3) is 5.24. The molecule has 39 heavy (non-hydrogen) atoms. The Labute approximate surface area is 232 Å². The summed E-state index contributed by atoms with van der Waals surface area (Å²) in [5.41, 5.74) is 2.52. The molecule has 3 aromatic rings. The predicted octanol–water partition coefficient (Wildman–Crippen LogP) is 5.99. The number of hydrogen-bond acceptors (Lipinski definition) is 6. The van der Waals surface area contributed by atoms with Gasteiger partial charge in [-0.1, -0.05) is 23.7 Å². The van der Waals surface area contributed by atoms with Crippen LogP contribution in [0.25, 0.3) is 0 Å². The smallest absolute Gasteiger partial charge is 0.493 e. The number of anilines is 2. The van der Waals surface area contributed by atoms with Crippen molar-refractivity contribution in [1.82, 2.24) is 4.98 Å². The molecule has 10 heteroatoms. The van der Waals surface area contributed by atoms with Gasteiger partial charge in [-0.15, -0.1) is 0 Å². The molecular formula is C29H32ClN4O5+. The van der Waals surface area contributed by atoms with E-state index in [2.05, 4.69) is 9.88 Å². The summed E-state index contributed by atoms with van der Waals surface area (Å²) in [7, 11) is 3.75. The number of carboxylic acid groups (broad SMARTS) is 1. The van der Waals surface area contributed by atoms with Gasteiger partial charge in [0.05, 0.1) is 29.9 Å². The Morgan fingerprint density at radius 3 is 2.51 bits per heavy atom. The maximum Gasteiger partial charge on any atom is 0.511 e. The summed E-state index contributed by atoms with van der Waals surface area (Å²) >= 11 is 6.52. The number of nitrogens with zero attached hydrogens (tertiary/aromatic N) is 4. The molecule has 1 N–H and O–H groups in total. The van der Waals surface area contributed by atoms with Crippen molar-refractivity contribution in [2.45, 2.75) is 31.3 Å². The van der Waals surface area contributed by atoms with Crippen LogP contribution in [0, 0.1) is 0 Å². The van der Waals surface area contributed by atoms with Gasteiger partial charge in [0.2, 0.25) is 0 Å². The second-order valence-corrected chi connectivity index (χ2v) is 10.5. The molecule has 9 nitrogen and oxygen atoms in total. The molecule has 2 atom stereocenters. The third-order valence-corrected chi connectivity index (χ3v) is 8.33. The first-order valence-corrected chi connectivity index (χ1v) is 13.4. The van der Waals surface area contributed by atoms with Gasteiger partial charge in [-0.05, 0) is 42.5 Å². The third-order valence-electron chi connectivity index (χ3n) is 8.01. The van der Waals surface area contributed by atoms with E-state index in [-0.39, 0.29) is 28.3 Å². The van der Waals surface area contributed by atoms with Crippen LogP contribution in [-0.4, -0.2) is 66.6 Å². The molecule has 2 aliphatic rings. The van der Waals surface area contributed by atoms with E-state index in [0.29, 0.717) is 29.5 Å². The second kappa shape index (κ2) is 11.1. The van der Waals surface area contributed by atoms with Crippen LogP contribution in [0.4, 0.5) is 21.0 Å². The van der Waals surface area contributed by atoms with Gasteiger partial charge in [0.1, 0.15) is 23.6 Å². The van der Waals surface area contributed by atoms with Crippen LogP contribution < -0.4 is 19.3 Å². The van der Waals surface area contributed by atoms with E-state index in [9.17, 15) is 14.7 Å². The highest BCUT2D eigenvalue weighted by Gasteiger charge is 2.52. The van der Waals surface area contributed by atoms with Gasteiger partial charge in [-0.2, -0.15) is 0 Å². The molecule has 0 radical (unpaired) electrons. The molecule has 1 fully saturated rings. The minimum Gasteiger partial charge on any atom is -0.493 e. The lowest BCUT2D eigenvalue weighted by molar-refractivity contribution is -0.888. The van der Waals surface area contributed by atoms with Gasteiger partial charge in [0, 0.05) is 57.5 Å². The molecular weight excluding hydrogens is 520 g/mol. The van der Waals surface area contributed by atoms with Crippen LogP contribution >= 0.6 is 11.6 Å². The number of piperidine rings is 1. The average molecular weight is 552 g/mol. The highest BCUT2D eigenvalue weighted by atomic mass is 35.5. The number of urea groups is 1. The Balaban J connectivity index is 1.53. The SMILES string of the molecule is CN(C(=O)[N+](C)(C1CCN(c2ccncc2)CC1)C1CCOc2ccc(OC(=O)O)cc21)c1ccccc1Cl. The van der Waals surface area contributed by atoms with E-state index in [4.69, 9.17) is 21.1 Å². The number of carbonyl (C=O) groups excluding carboxylic acids is 1. The highest BCUT2D eigenvalue weighted by molar-refractivity contribution is 6.33. The molecule has 2 aliphatic heterocycles. The summed E-state index contributed by atoms with van der Waals surface area (Å²) in [6, 6.07) is 15.9. The van der Waals surface area contributed by atoms with E-state index in [1.54, 1.807) is 48.6 Å². The lowest BCUT2D eigenvalue weighted by Crippen LogP contribution is -2.64. The summed E-state index contributed by atoms with van der Waals surface area (Å²) in [6.45, 7) is 2.04. The van der Waals surface area contributed by atoms with Crippen molar-refractivity contribution in [3.8, 4) is 11.5 Å². The van der Waals surface area contributed by atoms with Gasteiger partial charge in [-0.3, -0.25) is 9.88 Å². The Hall–Kier alpha value is -3.82. The molecule has 0 aliphatic carbocycles. The van der Waals surface area contributed by atoms with E-state index in [1.807, 2.05) is 37.4 Å².